The van der Waals surface area contributed by atoms with Crippen LogP contribution in [0, 0.1) is 29.6 Å². The highest BCUT2D eigenvalue weighted by molar-refractivity contribution is 5.85. The number of amides is 1. The maximum Gasteiger partial charge on any atom is 0.307 e. The van der Waals surface area contributed by atoms with Crippen molar-refractivity contribution in [2.24, 2.45) is 29.6 Å². The molecule has 0 aromatic carbocycles. The molecule has 1 aliphatic rings. The van der Waals surface area contributed by atoms with Crippen LogP contribution in [0.2, 0.25) is 0 Å². The maximum absolute atomic E-state index is 12.1. The van der Waals surface area contributed by atoms with Crippen LogP contribution in [-0.2, 0) is 9.59 Å². The second-order valence-corrected chi connectivity index (χ2v) is 6.38. The van der Waals surface area contributed by atoms with E-state index in [-0.39, 0.29) is 11.8 Å². The molecule has 0 aliphatic heterocycles. The first-order valence-corrected chi connectivity index (χ1v) is 7.35. The number of carboxylic acids is 1. The standard InChI is InChI=1S/C15H27NO3/c1-9(2)13(10(3)4)8-16-14(17)11-6-5-7-12(11)15(18)19/h9-13H,5-8H2,1-4H3,(H,16,17)(H,18,19). The molecule has 110 valence electrons. The van der Waals surface area contributed by atoms with Gasteiger partial charge < -0.3 is 10.4 Å². The van der Waals surface area contributed by atoms with E-state index >= 15 is 0 Å². The fourth-order valence-corrected chi connectivity index (χ4v) is 3.16. The molecule has 1 rings (SSSR count). The molecule has 2 atom stereocenters. The average Bonchev–Trinajstić information content (AvgIpc) is 2.76. The minimum atomic E-state index is -0.832. The van der Waals surface area contributed by atoms with Crippen LogP contribution in [0.3, 0.4) is 0 Å². The van der Waals surface area contributed by atoms with E-state index in [1.807, 2.05) is 0 Å². The number of carbonyl (C=O) groups is 2. The minimum absolute atomic E-state index is 0.0730. The molecule has 0 saturated heterocycles. The summed E-state index contributed by atoms with van der Waals surface area (Å²) in [5.74, 6) is -0.265. The number of carboxylic acid groups (broad SMARTS) is 1. The first kappa shape index (κ1) is 16.0. The van der Waals surface area contributed by atoms with Crippen molar-refractivity contribution in [1.29, 1.82) is 0 Å². The van der Waals surface area contributed by atoms with E-state index in [1.54, 1.807) is 0 Å². The maximum atomic E-state index is 12.1. The van der Waals surface area contributed by atoms with Crippen LogP contribution < -0.4 is 5.32 Å². The largest absolute Gasteiger partial charge is 0.481 e. The Balaban J connectivity index is 2.53. The SMILES string of the molecule is CC(C)C(CNC(=O)C1CCCC1C(=O)O)C(C)C. The van der Waals surface area contributed by atoms with Crippen LogP contribution >= 0.6 is 0 Å². The van der Waals surface area contributed by atoms with Gasteiger partial charge in [0.25, 0.3) is 0 Å². The number of nitrogens with one attached hydrogen (secondary N) is 1. The Labute approximate surface area is 116 Å². The van der Waals surface area contributed by atoms with E-state index in [4.69, 9.17) is 5.11 Å². The van der Waals surface area contributed by atoms with Crippen molar-refractivity contribution in [2.75, 3.05) is 6.54 Å². The van der Waals surface area contributed by atoms with Gasteiger partial charge in [0.15, 0.2) is 0 Å². The molecule has 4 heteroatoms. The van der Waals surface area contributed by atoms with Crippen LogP contribution in [0.4, 0.5) is 0 Å². The molecule has 2 N–H and O–H groups in total. The normalized spacial score (nSPS) is 23.3. The molecule has 0 radical (unpaired) electrons. The van der Waals surface area contributed by atoms with Gasteiger partial charge in [-0.3, -0.25) is 9.59 Å². The Morgan fingerprint density at radius 2 is 1.63 bits per heavy atom. The number of hydrogen-bond acceptors (Lipinski definition) is 2. The highest BCUT2D eigenvalue weighted by atomic mass is 16.4. The van der Waals surface area contributed by atoms with Gasteiger partial charge in [0.2, 0.25) is 5.91 Å². The van der Waals surface area contributed by atoms with Crippen molar-refractivity contribution in [3.05, 3.63) is 0 Å². The van der Waals surface area contributed by atoms with Gasteiger partial charge in [-0.15, -0.1) is 0 Å². The molecule has 2 unspecified atom stereocenters. The van der Waals surface area contributed by atoms with E-state index in [2.05, 4.69) is 33.0 Å². The smallest absolute Gasteiger partial charge is 0.307 e. The molecule has 0 bridgehead atoms. The Hall–Kier alpha value is -1.06. The lowest BCUT2D eigenvalue weighted by Gasteiger charge is -2.26. The Morgan fingerprint density at radius 3 is 2.11 bits per heavy atom. The van der Waals surface area contributed by atoms with E-state index < -0.39 is 11.9 Å². The summed E-state index contributed by atoms with van der Waals surface area (Å²) in [5.41, 5.74) is 0. The van der Waals surface area contributed by atoms with E-state index in [1.165, 1.54) is 0 Å². The van der Waals surface area contributed by atoms with Gasteiger partial charge in [0.05, 0.1) is 11.8 Å². The number of rotatable bonds is 6. The van der Waals surface area contributed by atoms with Crippen LogP contribution in [-0.4, -0.2) is 23.5 Å². The van der Waals surface area contributed by atoms with Crippen molar-refractivity contribution in [1.82, 2.24) is 5.32 Å². The van der Waals surface area contributed by atoms with Crippen LogP contribution in [0.15, 0.2) is 0 Å². The molecule has 19 heavy (non-hydrogen) atoms. The van der Waals surface area contributed by atoms with Crippen molar-refractivity contribution in [2.45, 2.75) is 47.0 Å². The molecule has 0 spiro atoms. The van der Waals surface area contributed by atoms with E-state index in [0.717, 1.165) is 6.42 Å². The second-order valence-electron chi connectivity index (χ2n) is 6.38. The van der Waals surface area contributed by atoms with Crippen molar-refractivity contribution in [3.8, 4) is 0 Å². The fourth-order valence-electron chi connectivity index (χ4n) is 3.16. The molecule has 1 aliphatic carbocycles. The van der Waals surface area contributed by atoms with E-state index in [0.29, 0.717) is 37.1 Å². The zero-order chi connectivity index (χ0) is 14.6. The first-order valence-electron chi connectivity index (χ1n) is 7.35. The predicted octanol–water partition coefficient (Wildman–Crippen LogP) is 2.53. The lowest BCUT2D eigenvalue weighted by atomic mass is 9.85. The zero-order valence-electron chi connectivity index (χ0n) is 12.5. The average molecular weight is 269 g/mol. The molecule has 1 amide bonds. The Kier molecular flexibility index (Phi) is 5.83. The van der Waals surface area contributed by atoms with Crippen LogP contribution in [0.5, 0.6) is 0 Å². The molecular weight excluding hydrogens is 242 g/mol. The van der Waals surface area contributed by atoms with Crippen molar-refractivity contribution < 1.29 is 14.7 Å². The molecule has 1 saturated carbocycles. The summed E-state index contributed by atoms with van der Waals surface area (Å²) in [7, 11) is 0. The van der Waals surface area contributed by atoms with Crippen molar-refractivity contribution in [3.63, 3.8) is 0 Å². The summed E-state index contributed by atoms with van der Waals surface area (Å²) in [6, 6.07) is 0. The highest BCUT2D eigenvalue weighted by Gasteiger charge is 2.37. The number of carbonyl (C=O) groups excluding carboxylic acids is 1. The number of hydrogen-bond donors (Lipinski definition) is 2. The second kappa shape index (κ2) is 6.92. The number of aliphatic carboxylic acids is 1. The summed E-state index contributed by atoms with van der Waals surface area (Å²) in [6.45, 7) is 9.29. The Morgan fingerprint density at radius 1 is 1.11 bits per heavy atom. The van der Waals surface area contributed by atoms with E-state index in [9.17, 15) is 9.59 Å². The summed E-state index contributed by atoms with van der Waals surface area (Å²) in [5, 5.41) is 12.1. The monoisotopic (exact) mass is 269 g/mol. The molecular formula is C15H27NO3. The van der Waals surface area contributed by atoms with Gasteiger partial charge in [0.1, 0.15) is 0 Å². The van der Waals surface area contributed by atoms with Gasteiger partial charge >= 0.3 is 5.97 Å². The molecule has 1 fully saturated rings. The third kappa shape index (κ3) is 4.22. The van der Waals surface area contributed by atoms with Crippen LogP contribution in [0.25, 0.3) is 0 Å². The predicted molar refractivity (Wildman–Crippen MR) is 74.6 cm³/mol. The minimum Gasteiger partial charge on any atom is -0.481 e. The summed E-state index contributed by atoms with van der Waals surface area (Å²) in [6.07, 6.45) is 2.18. The third-order valence-corrected chi connectivity index (χ3v) is 4.39. The zero-order valence-corrected chi connectivity index (χ0v) is 12.5. The van der Waals surface area contributed by atoms with Gasteiger partial charge in [-0.2, -0.15) is 0 Å². The van der Waals surface area contributed by atoms with Crippen LogP contribution in [0.1, 0.15) is 47.0 Å². The fraction of sp³-hybridized carbons (Fsp3) is 0.867. The quantitative estimate of drug-likeness (QED) is 0.778. The molecule has 0 aromatic rings. The molecule has 0 heterocycles. The highest BCUT2D eigenvalue weighted by Crippen LogP contribution is 2.32. The lowest BCUT2D eigenvalue weighted by molar-refractivity contribution is -0.146. The van der Waals surface area contributed by atoms with Gasteiger partial charge in [0, 0.05) is 6.54 Å². The Bertz CT molecular complexity index is 317. The first-order chi connectivity index (χ1) is 8.84. The lowest BCUT2D eigenvalue weighted by Crippen LogP contribution is -2.39. The van der Waals surface area contributed by atoms with Gasteiger partial charge in [-0.1, -0.05) is 34.1 Å². The summed E-state index contributed by atoms with van der Waals surface area (Å²) < 4.78 is 0. The summed E-state index contributed by atoms with van der Waals surface area (Å²) in [4.78, 5) is 23.2. The molecule has 0 aromatic heterocycles. The van der Waals surface area contributed by atoms with Gasteiger partial charge in [-0.25, -0.2) is 0 Å². The van der Waals surface area contributed by atoms with Gasteiger partial charge in [-0.05, 0) is 30.6 Å². The topological polar surface area (TPSA) is 66.4 Å². The third-order valence-electron chi connectivity index (χ3n) is 4.39. The summed E-state index contributed by atoms with van der Waals surface area (Å²) >= 11 is 0. The van der Waals surface area contributed by atoms with Crippen molar-refractivity contribution >= 4 is 11.9 Å². The molecule has 4 nitrogen and oxygen atoms in total.